The smallest absolute Gasteiger partial charge is 0.303 e. The van der Waals surface area contributed by atoms with Gasteiger partial charge in [-0.1, -0.05) is 19.1 Å². The number of unbranched alkanes of at least 4 members (excludes halogenated alkanes) is 1. The van der Waals surface area contributed by atoms with Gasteiger partial charge in [0.25, 0.3) is 5.91 Å². The third kappa shape index (κ3) is 7.54. The molecule has 5 nitrogen and oxygen atoms in total. The van der Waals surface area contributed by atoms with E-state index in [-0.39, 0.29) is 18.1 Å². The summed E-state index contributed by atoms with van der Waals surface area (Å²) in [6.07, 6.45) is 10.3. The number of hydrogen-bond donors (Lipinski definition) is 3. The zero-order valence-corrected chi connectivity index (χ0v) is 18.0. The molecule has 2 aromatic rings. The highest BCUT2D eigenvalue weighted by Crippen LogP contribution is 2.30. The number of carbonyl (C=O) groups excluding carboxylic acids is 1. The molecule has 1 fully saturated rings. The van der Waals surface area contributed by atoms with Crippen LogP contribution >= 0.6 is 11.3 Å². The highest BCUT2D eigenvalue weighted by molar-refractivity contribution is 7.17. The molecule has 6 heteroatoms. The summed E-state index contributed by atoms with van der Waals surface area (Å²) in [4.78, 5) is 22.3. The molecule has 0 aliphatic heterocycles. The molecule has 0 saturated heterocycles. The first-order chi connectivity index (χ1) is 13.9. The van der Waals surface area contributed by atoms with E-state index in [0.29, 0.717) is 11.6 Å². The molecule has 1 aliphatic rings. The first kappa shape index (κ1) is 22.9. The first-order valence-corrected chi connectivity index (χ1v) is 11.1. The van der Waals surface area contributed by atoms with Crippen LogP contribution in [0.3, 0.4) is 0 Å². The maximum absolute atomic E-state index is 12.4. The largest absolute Gasteiger partial charge is 0.508 e. The van der Waals surface area contributed by atoms with Crippen molar-refractivity contribution in [2.75, 3.05) is 0 Å². The molecule has 0 spiro atoms. The fourth-order valence-electron chi connectivity index (χ4n) is 3.40. The minimum atomic E-state index is -0.709. The summed E-state index contributed by atoms with van der Waals surface area (Å²) in [6.45, 7) is 4.20. The normalized spacial score (nSPS) is 19.0. The number of aliphatic carboxylic acids is 1. The third-order valence-corrected chi connectivity index (χ3v) is 6.11. The highest BCUT2D eigenvalue weighted by Gasteiger charge is 2.21. The molecule has 0 radical (unpaired) electrons. The van der Waals surface area contributed by atoms with Crippen LogP contribution in [0.2, 0.25) is 0 Å². The van der Waals surface area contributed by atoms with Gasteiger partial charge in [0.1, 0.15) is 5.75 Å². The minimum Gasteiger partial charge on any atom is -0.508 e. The number of rotatable bonds is 6. The van der Waals surface area contributed by atoms with Crippen LogP contribution in [0.15, 0.2) is 35.7 Å². The quantitative estimate of drug-likeness (QED) is 0.414. The van der Waals surface area contributed by atoms with Gasteiger partial charge in [0.2, 0.25) is 0 Å². The van der Waals surface area contributed by atoms with E-state index in [1.165, 1.54) is 12.8 Å². The van der Waals surface area contributed by atoms with Crippen molar-refractivity contribution >= 4 is 33.3 Å². The Balaban J connectivity index is 0.000000284. The number of aromatic hydroxyl groups is 1. The molecule has 29 heavy (non-hydrogen) atoms. The third-order valence-electron chi connectivity index (χ3n) is 5.15. The Morgan fingerprint density at radius 2 is 1.97 bits per heavy atom. The van der Waals surface area contributed by atoms with Crippen molar-refractivity contribution in [3.63, 3.8) is 0 Å². The molecule has 3 N–H and O–H groups in total. The molecule has 1 aliphatic carbocycles. The maximum Gasteiger partial charge on any atom is 0.303 e. The number of carbonyl (C=O) groups is 2. The molecule has 1 aromatic heterocycles. The van der Waals surface area contributed by atoms with Crippen LogP contribution < -0.4 is 5.32 Å². The summed E-state index contributed by atoms with van der Waals surface area (Å²) < 4.78 is 1.03. The lowest BCUT2D eigenvalue weighted by Crippen LogP contribution is -2.37. The van der Waals surface area contributed by atoms with Crippen LogP contribution in [0, 0.1) is 5.92 Å². The SMILES string of the molecule is C/C=C\CCCC(=O)O.CC1CCC(NC(=O)c2csc3ccc(O)cc23)CC1. The van der Waals surface area contributed by atoms with E-state index in [2.05, 4.69) is 12.2 Å². The number of amides is 1. The molecule has 0 unspecified atom stereocenters. The van der Waals surface area contributed by atoms with Crippen molar-refractivity contribution in [1.29, 1.82) is 0 Å². The lowest BCUT2D eigenvalue weighted by Gasteiger charge is -2.26. The van der Waals surface area contributed by atoms with Crippen molar-refractivity contribution in [2.24, 2.45) is 5.92 Å². The summed E-state index contributed by atoms with van der Waals surface area (Å²) >= 11 is 1.54. The first-order valence-electron chi connectivity index (χ1n) is 10.2. The lowest BCUT2D eigenvalue weighted by molar-refractivity contribution is -0.137. The summed E-state index contributed by atoms with van der Waals surface area (Å²) in [5.74, 6) is 0.263. The Bertz CT molecular complexity index is 835. The lowest BCUT2D eigenvalue weighted by atomic mass is 9.87. The van der Waals surface area contributed by atoms with Crippen molar-refractivity contribution in [2.45, 2.75) is 64.8 Å². The molecular weight excluding hydrogens is 386 g/mol. The topological polar surface area (TPSA) is 86.6 Å². The van der Waals surface area contributed by atoms with Crippen LogP contribution in [-0.4, -0.2) is 28.1 Å². The Labute approximate surface area is 176 Å². The number of thiophene rings is 1. The summed E-state index contributed by atoms with van der Waals surface area (Å²) in [5.41, 5.74) is 0.680. The Hall–Kier alpha value is -2.34. The van der Waals surface area contributed by atoms with Gasteiger partial charge in [-0.05, 0) is 69.6 Å². The minimum absolute atomic E-state index is 0.0126. The van der Waals surface area contributed by atoms with Gasteiger partial charge in [0.05, 0.1) is 5.56 Å². The van der Waals surface area contributed by atoms with E-state index in [1.807, 2.05) is 30.5 Å². The molecular formula is C23H31NO4S. The van der Waals surface area contributed by atoms with Gasteiger partial charge in [-0.3, -0.25) is 9.59 Å². The number of benzene rings is 1. The van der Waals surface area contributed by atoms with E-state index in [0.717, 1.165) is 41.7 Å². The van der Waals surface area contributed by atoms with Crippen molar-refractivity contribution in [1.82, 2.24) is 5.32 Å². The van der Waals surface area contributed by atoms with Gasteiger partial charge in [-0.25, -0.2) is 0 Å². The van der Waals surface area contributed by atoms with Gasteiger partial charge in [-0.2, -0.15) is 0 Å². The molecule has 158 valence electrons. The predicted molar refractivity (Wildman–Crippen MR) is 119 cm³/mol. The fourth-order valence-corrected chi connectivity index (χ4v) is 4.32. The number of carboxylic acid groups (broad SMARTS) is 1. The highest BCUT2D eigenvalue weighted by atomic mass is 32.1. The monoisotopic (exact) mass is 417 g/mol. The molecule has 1 aromatic carbocycles. The molecule has 3 rings (SSSR count). The van der Waals surface area contributed by atoms with E-state index in [1.54, 1.807) is 23.5 Å². The average molecular weight is 418 g/mol. The van der Waals surface area contributed by atoms with Crippen LogP contribution in [-0.2, 0) is 4.79 Å². The van der Waals surface area contributed by atoms with Crippen LogP contribution in [0.5, 0.6) is 5.75 Å². The second-order valence-corrected chi connectivity index (χ2v) is 8.53. The Morgan fingerprint density at radius 3 is 2.62 bits per heavy atom. The molecule has 0 bridgehead atoms. The fraction of sp³-hybridized carbons (Fsp3) is 0.478. The average Bonchev–Trinajstić information content (AvgIpc) is 3.10. The van der Waals surface area contributed by atoms with Crippen LogP contribution in [0.4, 0.5) is 0 Å². The van der Waals surface area contributed by atoms with Gasteiger partial charge >= 0.3 is 5.97 Å². The van der Waals surface area contributed by atoms with Gasteiger partial charge < -0.3 is 15.5 Å². The van der Waals surface area contributed by atoms with Gasteiger partial charge in [0, 0.05) is 27.9 Å². The second-order valence-electron chi connectivity index (χ2n) is 7.62. The number of hydrogen-bond acceptors (Lipinski definition) is 4. The standard InChI is InChI=1S/C16H19NO2S.C7H12O2/c1-10-2-4-11(5-3-10)17-16(19)14-9-20-15-7-6-12(18)8-13(14)15;1-2-3-4-5-6-7(8)9/h6-11,18H,2-5H2,1H3,(H,17,19);2-3H,4-6H2,1H3,(H,8,9)/b;3-2-. The maximum atomic E-state index is 12.4. The summed E-state index contributed by atoms with van der Waals surface area (Å²) in [6, 6.07) is 5.48. The number of phenolic OH excluding ortho intramolecular Hbond substituents is 1. The van der Waals surface area contributed by atoms with Gasteiger partial charge in [0.15, 0.2) is 0 Å². The summed E-state index contributed by atoms with van der Waals surface area (Å²) in [7, 11) is 0. The zero-order valence-electron chi connectivity index (χ0n) is 17.2. The molecule has 1 heterocycles. The van der Waals surface area contributed by atoms with Crippen molar-refractivity contribution in [3.8, 4) is 5.75 Å². The van der Waals surface area contributed by atoms with Crippen molar-refractivity contribution in [3.05, 3.63) is 41.3 Å². The molecule has 1 saturated carbocycles. The second kappa shape index (κ2) is 11.6. The van der Waals surface area contributed by atoms with E-state index in [9.17, 15) is 14.7 Å². The Kier molecular flexibility index (Phi) is 9.19. The molecule has 1 amide bonds. The number of nitrogens with one attached hydrogen (secondary N) is 1. The predicted octanol–water partition coefficient (Wildman–Crippen LogP) is 5.73. The van der Waals surface area contributed by atoms with Crippen LogP contribution in [0.1, 0.15) is 69.2 Å². The molecule has 0 atom stereocenters. The summed E-state index contributed by atoms with van der Waals surface area (Å²) in [5, 5.41) is 23.6. The van der Waals surface area contributed by atoms with E-state index < -0.39 is 5.97 Å². The number of carboxylic acids is 1. The van der Waals surface area contributed by atoms with Crippen LogP contribution in [0.25, 0.3) is 10.1 Å². The number of phenols is 1. The van der Waals surface area contributed by atoms with E-state index in [4.69, 9.17) is 5.11 Å². The van der Waals surface area contributed by atoms with Gasteiger partial charge in [-0.15, -0.1) is 11.3 Å². The van der Waals surface area contributed by atoms with E-state index >= 15 is 0 Å². The van der Waals surface area contributed by atoms with Crippen molar-refractivity contribution < 1.29 is 19.8 Å². The number of fused-ring (bicyclic) bond motifs is 1. The Morgan fingerprint density at radius 1 is 1.24 bits per heavy atom. The zero-order chi connectivity index (χ0) is 21.2. The number of allylic oxidation sites excluding steroid dienone is 2.